The third-order valence-corrected chi connectivity index (χ3v) is 7.25. The Labute approximate surface area is 206 Å². The lowest BCUT2D eigenvalue weighted by Gasteiger charge is -2.23. The van der Waals surface area contributed by atoms with Crippen molar-refractivity contribution >= 4 is 38.2 Å². The van der Waals surface area contributed by atoms with Gasteiger partial charge in [0.1, 0.15) is 5.84 Å². The number of benzene rings is 3. The summed E-state index contributed by atoms with van der Waals surface area (Å²) in [7, 11) is -0.215. The van der Waals surface area contributed by atoms with E-state index in [9.17, 15) is 13.5 Å². The fraction of sp³-hybridized carbons (Fsp3) is 0.292. The van der Waals surface area contributed by atoms with Crippen molar-refractivity contribution in [3.8, 4) is 0 Å². The zero-order chi connectivity index (χ0) is 25.3. The lowest BCUT2D eigenvalue weighted by molar-refractivity contribution is 0.130. The molecule has 3 aromatic carbocycles. The van der Waals surface area contributed by atoms with E-state index in [0.29, 0.717) is 24.7 Å². The molecule has 0 aliphatic heterocycles. The summed E-state index contributed by atoms with van der Waals surface area (Å²) in [5.41, 5.74) is 11.4. The molecule has 0 aromatic heterocycles. The van der Waals surface area contributed by atoms with E-state index in [-0.39, 0.29) is 17.3 Å². The lowest BCUT2D eigenvalue weighted by Crippen LogP contribution is -2.39. The van der Waals surface area contributed by atoms with Crippen LogP contribution in [0.25, 0.3) is 10.8 Å². The summed E-state index contributed by atoms with van der Waals surface area (Å²) in [5, 5.41) is 18.9. The smallest absolute Gasteiger partial charge is 0.242 e. The van der Waals surface area contributed by atoms with Crippen LogP contribution >= 0.6 is 11.6 Å². The number of rotatable bonds is 9. The number of sulfonamides is 1. The number of fused-ring (bicyclic) bond motifs is 1. The molecular weight excluding hydrogens is 474 g/mol. The molecular formula is C24H32ClN5O3S. The number of halogens is 1. The molecule has 0 aliphatic carbocycles. The van der Waals surface area contributed by atoms with E-state index in [4.69, 9.17) is 28.5 Å². The van der Waals surface area contributed by atoms with Gasteiger partial charge in [0.25, 0.3) is 0 Å². The highest BCUT2D eigenvalue weighted by Crippen LogP contribution is 2.24. The van der Waals surface area contributed by atoms with Gasteiger partial charge in [0.15, 0.2) is 0 Å². The van der Waals surface area contributed by atoms with Gasteiger partial charge >= 0.3 is 0 Å². The fourth-order valence-corrected chi connectivity index (χ4v) is 4.49. The quantitative estimate of drug-likeness (QED) is 0.260. The first kappa shape index (κ1) is 27.7. The Morgan fingerprint density at radius 1 is 1.03 bits per heavy atom. The minimum atomic E-state index is -3.58. The Hall–Kier alpha value is -2.53. The molecule has 6 N–H and O–H groups in total. The summed E-state index contributed by atoms with van der Waals surface area (Å²) in [6.07, 6.45) is -0.612. The Kier molecular flexibility index (Phi) is 10.4. The summed E-state index contributed by atoms with van der Waals surface area (Å²) in [6.45, 7) is 1.39. The average Bonchev–Trinajstić information content (AvgIpc) is 2.82. The molecule has 1 atom stereocenters. The summed E-state index contributed by atoms with van der Waals surface area (Å²) >= 11 is 5.96. The van der Waals surface area contributed by atoms with Crippen molar-refractivity contribution < 1.29 is 13.5 Å². The molecule has 0 heterocycles. The average molecular weight is 506 g/mol. The van der Waals surface area contributed by atoms with Gasteiger partial charge in [-0.2, -0.15) is 4.31 Å². The van der Waals surface area contributed by atoms with Gasteiger partial charge in [-0.3, -0.25) is 5.41 Å². The van der Waals surface area contributed by atoms with Crippen LogP contribution in [0.4, 0.5) is 0 Å². The highest BCUT2D eigenvalue weighted by atomic mass is 35.5. The molecule has 34 heavy (non-hydrogen) atoms. The van der Waals surface area contributed by atoms with Crippen molar-refractivity contribution in [1.82, 2.24) is 9.21 Å². The second kappa shape index (κ2) is 12.8. The molecule has 0 fully saturated rings. The molecule has 0 amide bonds. The summed E-state index contributed by atoms with van der Waals surface area (Å²) in [4.78, 5) is 2.10. The van der Waals surface area contributed by atoms with Crippen LogP contribution in [0.15, 0.2) is 71.6 Å². The molecule has 0 aliphatic rings. The number of nitrogens with one attached hydrogen (secondary N) is 1. The van der Waals surface area contributed by atoms with Gasteiger partial charge in [0, 0.05) is 43.8 Å². The van der Waals surface area contributed by atoms with E-state index < -0.39 is 16.1 Å². The summed E-state index contributed by atoms with van der Waals surface area (Å²) in [5.74, 6) is 0.121. The van der Waals surface area contributed by atoms with Gasteiger partial charge in [-0.25, -0.2) is 8.42 Å². The molecule has 1 unspecified atom stereocenters. The number of nitrogens with two attached hydrogens (primary N) is 2. The van der Waals surface area contributed by atoms with Crippen molar-refractivity contribution in [2.45, 2.75) is 11.0 Å². The second-order valence-corrected chi connectivity index (χ2v) is 10.4. The number of amidine groups is 1. The van der Waals surface area contributed by atoms with Crippen LogP contribution < -0.4 is 11.5 Å². The van der Waals surface area contributed by atoms with E-state index in [1.54, 1.807) is 43.4 Å². The van der Waals surface area contributed by atoms with Crippen molar-refractivity contribution in [3.05, 3.63) is 77.3 Å². The molecule has 0 spiro atoms. The van der Waals surface area contributed by atoms with E-state index in [1.807, 2.05) is 42.3 Å². The van der Waals surface area contributed by atoms with E-state index >= 15 is 0 Å². The van der Waals surface area contributed by atoms with Crippen molar-refractivity contribution in [2.75, 3.05) is 40.3 Å². The third kappa shape index (κ3) is 8.05. The molecule has 184 valence electrons. The molecule has 3 aromatic rings. The van der Waals surface area contributed by atoms with Gasteiger partial charge in [0.05, 0.1) is 11.0 Å². The standard InChI is InChI=1S/C17H24ClN3O3S.C7H8N2/c1-20(12-16(22)11-19)7-8-21(2)25(23,24)17-6-4-13-9-15(18)5-3-14(13)10-17;8-7(9)6-4-2-1-3-5-6/h3-6,9-10,16,22H,7-8,11-12,19H2,1-2H3;1-5H,(H3,8,9). The first-order valence-electron chi connectivity index (χ1n) is 10.7. The molecule has 0 radical (unpaired) electrons. The number of nitrogens with zero attached hydrogens (tertiary/aromatic N) is 2. The maximum absolute atomic E-state index is 12.7. The largest absolute Gasteiger partial charge is 0.390 e. The van der Waals surface area contributed by atoms with Crippen LogP contribution in [0.2, 0.25) is 5.02 Å². The van der Waals surface area contributed by atoms with Gasteiger partial charge in [-0.05, 0) is 42.1 Å². The van der Waals surface area contributed by atoms with Crippen LogP contribution in [0, 0.1) is 5.41 Å². The first-order chi connectivity index (χ1) is 16.0. The Morgan fingerprint density at radius 2 is 1.65 bits per heavy atom. The maximum atomic E-state index is 12.7. The maximum Gasteiger partial charge on any atom is 0.242 e. The SMILES string of the molecule is CN(CCN(C)S(=O)(=O)c1ccc2cc(Cl)ccc2c1)CC(O)CN.N=C(N)c1ccccc1. The van der Waals surface area contributed by atoms with Gasteiger partial charge in [-0.15, -0.1) is 0 Å². The number of hydrogen-bond donors (Lipinski definition) is 4. The van der Waals surface area contributed by atoms with Crippen molar-refractivity contribution in [1.29, 1.82) is 5.41 Å². The van der Waals surface area contributed by atoms with E-state index in [1.165, 1.54) is 4.31 Å². The topological polar surface area (TPSA) is 137 Å². The normalized spacial score (nSPS) is 12.4. The molecule has 3 rings (SSSR count). The highest BCUT2D eigenvalue weighted by Gasteiger charge is 2.21. The van der Waals surface area contributed by atoms with Crippen LogP contribution in [-0.2, 0) is 10.0 Å². The first-order valence-corrected chi connectivity index (χ1v) is 12.5. The van der Waals surface area contributed by atoms with E-state index in [0.717, 1.165) is 16.3 Å². The molecule has 0 bridgehead atoms. The molecule has 0 saturated carbocycles. The number of nitrogen functional groups attached to an aromatic ring is 1. The lowest BCUT2D eigenvalue weighted by atomic mass is 10.1. The second-order valence-electron chi connectivity index (χ2n) is 7.91. The van der Waals surface area contributed by atoms with Crippen LogP contribution in [0.5, 0.6) is 0 Å². The molecule has 0 saturated heterocycles. The summed E-state index contributed by atoms with van der Waals surface area (Å²) < 4.78 is 26.8. The number of aliphatic hydroxyl groups is 1. The number of hydrogen-bond acceptors (Lipinski definition) is 6. The fourth-order valence-electron chi connectivity index (χ4n) is 3.11. The Morgan fingerprint density at radius 3 is 2.24 bits per heavy atom. The number of likely N-dealkylation sites (N-methyl/N-ethyl adjacent to an activating group) is 2. The van der Waals surface area contributed by atoms with Crippen LogP contribution in [0.1, 0.15) is 5.56 Å². The number of aliphatic hydroxyl groups excluding tert-OH is 1. The highest BCUT2D eigenvalue weighted by molar-refractivity contribution is 7.89. The Bertz CT molecular complexity index is 1190. The zero-order valence-corrected chi connectivity index (χ0v) is 20.9. The van der Waals surface area contributed by atoms with Crippen molar-refractivity contribution in [3.63, 3.8) is 0 Å². The van der Waals surface area contributed by atoms with Crippen molar-refractivity contribution in [2.24, 2.45) is 11.5 Å². The third-order valence-electron chi connectivity index (χ3n) is 5.16. The van der Waals surface area contributed by atoms with E-state index in [2.05, 4.69) is 0 Å². The minimum Gasteiger partial charge on any atom is -0.390 e. The molecule has 8 nitrogen and oxygen atoms in total. The predicted octanol–water partition coefficient (Wildman–Crippen LogP) is 2.34. The monoisotopic (exact) mass is 505 g/mol. The Balaban J connectivity index is 0.000000379. The summed E-state index contributed by atoms with van der Waals surface area (Å²) in [6, 6.07) is 19.6. The molecule has 10 heteroatoms. The minimum absolute atomic E-state index is 0.121. The van der Waals surface area contributed by atoms with Gasteiger partial charge < -0.3 is 21.5 Å². The zero-order valence-electron chi connectivity index (χ0n) is 19.4. The van der Waals surface area contributed by atoms with Gasteiger partial charge in [-0.1, -0.05) is 54.1 Å². The van der Waals surface area contributed by atoms with Crippen LogP contribution in [0.3, 0.4) is 0 Å². The predicted molar refractivity (Wildman–Crippen MR) is 139 cm³/mol. The van der Waals surface area contributed by atoms with Gasteiger partial charge in [0.2, 0.25) is 10.0 Å². The van der Waals surface area contributed by atoms with Crippen LogP contribution in [-0.4, -0.2) is 74.9 Å².